The molecule has 0 amide bonds. The predicted octanol–water partition coefficient (Wildman–Crippen LogP) is -1.11. The topological polar surface area (TPSA) is 285 Å². The fourth-order valence-corrected chi connectivity index (χ4v) is 5.29. The number of fused-ring (bicyclic) bond motifs is 1. The standard InChI is InChI=1S/C30H34O18/c1-9-18(34)22(38)25(41)29(44-9)48-28-23(39)20(36)16(8-43-10(2)31)46-30(28)45-15-7-13(33)19(35)27-17(15)21(37)24(40)26(47-27)11-4-5-12(32)14(6-11)42-3/h4-7,9,16,18,20,22-23,25,28-30,32-36,38-41H,8H2,1-3H3/t9-,16-,18+,20-,22-,23+,25-,28+,29+,30-/m1/s1. The van der Waals surface area contributed by atoms with Gasteiger partial charge in [-0.15, -0.1) is 0 Å². The van der Waals surface area contributed by atoms with Crippen LogP contribution in [0, 0.1) is 0 Å². The molecule has 2 saturated heterocycles. The van der Waals surface area contributed by atoms with E-state index in [4.69, 9.17) is 32.8 Å². The molecule has 0 bridgehead atoms. The number of rotatable bonds is 8. The van der Waals surface area contributed by atoms with Crippen LogP contribution in [-0.4, -0.2) is 127 Å². The second-order valence-electron chi connectivity index (χ2n) is 11.2. The zero-order valence-electron chi connectivity index (χ0n) is 25.5. The van der Waals surface area contributed by atoms with Crippen LogP contribution in [0.1, 0.15) is 13.8 Å². The summed E-state index contributed by atoms with van der Waals surface area (Å²) in [5.41, 5.74) is -1.85. The Kier molecular flexibility index (Phi) is 9.90. The molecular weight excluding hydrogens is 648 g/mol. The molecular formula is C30H34O18. The predicted molar refractivity (Wildman–Crippen MR) is 156 cm³/mol. The highest BCUT2D eigenvalue weighted by Gasteiger charge is 2.51. The molecule has 5 rings (SSSR count). The number of benzene rings is 2. The van der Waals surface area contributed by atoms with Crippen LogP contribution in [0.4, 0.5) is 0 Å². The zero-order chi connectivity index (χ0) is 35.2. The van der Waals surface area contributed by atoms with Gasteiger partial charge in [0.25, 0.3) is 0 Å². The van der Waals surface area contributed by atoms with Gasteiger partial charge in [-0.1, -0.05) is 0 Å². The normalized spacial score (nSPS) is 30.6. The number of carbonyl (C=O) groups is 1. The Morgan fingerprint density at radius 1 is 0.833 bits per heavy atom. The quantitative estimate of drug-likeness (QED) is 0.101. The third-order valence-electron chi connectivity index (χ3n) is 7.94. The first-order valence-electron chi connectivity index (χ1n) is 14.4. The van der Waals surface area contributed by atoms with Crippen LogP contribution >= 0.6 is 0 Å². The van der Waals surface area contributed by atoms with E-state index in [1.807, 2.05) is 0 Å². The van der Waals surface area contributed by atoms with Crippen molar-refractivity contribution < 1.29 is 83.6 Å². The molecule has 0 radical (unpaired) electrons. The smallest absolute Gasteiger partial charge is 0.302 e. The summed E-state index contributed by atoms with van der Waals surface area (Å²) in [4.78, 5) is 25.0. The van der Waals surface area contributed by atoms with Crippen molar-refractivity contribution in [1.82, 2.24) is 0 Å². The minimum absolute atomic E-state index is 0.0217. The molecule has 0 saturated carbocycles. The maximum absolute atomic E-state index is 13.6. The van der Waals surface area contributed by atoms with Gasteiger partial charge in [0.05, 0.1) is 13.2 Å². The monoisotopic (exact) mass is 682 g/mol. The first kappa shape index (κ1) is 34.9. The Morgan fingerprint density at radius 3 is 2.21 bits per heavy atom. The lowest BCUT2D eigenvalue weighted by Gasteiger charge is -2.45. The van der Waals surface area contributed by atoms with E-state index in [1.165, 1.54) is 32.2 Å². The number of carbonyl (C=O) groups excluding carboxylic acids is 1. The van der Waals surface area contributed by atoms with Gasteiger partial charge in [-0.05, 0) is 25.1 Å². The molecule has 48 heavy (non-hydrogen) atoms. The van der Waals surface area contributed by atoms with Gasteiger partial charge in [-0.3, -0.25) is 9.59 Å². The molecule has 2 aromatic carbocycles. The molecule has 262 valence electrons. The van der Waals surface area contributed by atoms with Gasteiger partial charge in [0.1, 0.15) is 54.4 Å². The van der Waals surface area contributed by atoms with E-state index in [1.54, 1.807) is 0 Å². The summed E-state index contributed by atoms with van der Waals surface area (Å²) < 4.78 is 38.4. The van der Waals surface area contributed by atoms with Crippen LogP contribution in [0.15, 0.2) is 33.5 Å². The lowest BCUT2D eigenvalue weighted by atomic mass is 9.97. The number of phenols is 3. The average molecular weight is 683 g/mol. The summed E-state index contributed by atoms with van der Waals surface area (Å²) in [6.07, 6.45) is -16.9. The third-order valence-corrected chi connectivity index (χ3v) is 7.94. The highest BCUT2D eigenvalue weighted by atomic mass is 16.8. The first-order valence-corrected chi connectivity index (χ1v) is 14.4. The minimum Gasteiger partial charge on any atom is -0.504 e. The van der Waals surface area contributed by atoms with Gasteiger partial charge < -0.3 is 78.8 Å². The molecule has 2 aliphatic heterocycles. The molecule has 9 N–H and O–H groups in total. The van der Waals surface area contributed by atoms with Gasteiger partial charge in [0.2, 0.25) is 23.2 Å². The lowest BCUT2D eigenvalue weighted by molar-refractivity contribution is -0.354. The van der Waals surface area contributed by atoms with Crippen molar-refractivity contribution in [3.63, 3.8) is 0 Å². The van der Waals surface area contributed by atoms with Gasteiger partial charge in [-0.2, -0.15) is 0 Å². The summed E-state index contributed by atoms with van der Waals surface area (Å²) in [5, 5.41) is 94.2. The van der Waals surface area contributed by atoms with E-state index in [0.717, 1.165) is 13.0 Å². The zero-order valence-corrected chi connectivity index (χ0v) is 25.5. The van der Waals surface area contributed by atoms with Crippen LogP contribution in [0.2, 0.25) is 0 Å². The maximum atomic E-state index is 13.6. The van der Waals surface area contributed by atoms with E-state index < -0.39 is 119 Å². The van der Waals surface area contributed by atoms with Gasteiger partial charge in [-0.25, -0.2) is 0 Å². The van der Waals surface area contributed by atoms with E-state index in [2.05, 4.69) is 0 Å². The van der Waals surface area contributed by atoms with Crippen molar-refractivity contribution in [3.8, 4) is 45.8 Å². The number of aromatic hydroxyl groups is 4. The molecule has 10 atom stereocenters. The van der Waals surface area contributed by atoms with Crippen LogP contribution < -0.4 is 14.9 Å². The molecule has 0 aliphatic carbocycles. The van der Waals surface area contributed by atoms with Crippen LogP contribution in [-0.2, 0) is 23.7 Å². The van der Waals surface area contributed by atoms with Gasteiger partial charge in [0, 0.05) is 18.6 Å². The number of aliphatic hydroxyl groups excluding tert-OH is 5. The Labute approximate surface area is 270 Å². The van der Waals surface area contributed by atoms with Crippen molar-refractivity contribution >= 4 is 16.9 Å². The number of phenolic OH excluding ortho intramolecular Hbond substituents is 3. The molecule has 0 spiro atoms. The van der Waals surface area contributed by atoms with E-state index >= 15 is 0 Å². The molecule has 1 aromatic heterocycles. The Bertz CT molecular complexity index is 1720. The number of aliphatic hydroxyl groups is 5. The summed E-state index contributed by atoms with van der Waals surface area (Å²) in [6, 6.07) is 4.44. The van der Waals surface area contributed by atoms with Crippen molar-refractivity contribution in [2.24, 2.45) is 0 Å². The molecule has 3 aromatic rings. The fourth-order valence-electron chi connectivity index (χ4n) is 5.29. The first-order chi connectivity index (χ1) is 22.6. The number of hydrogen-bond acceptors (Lipinski definition) is 18. The van der Waals surface area contributed by atoms with E-state index in [9.17, 15) is 55.5 Å². The van der Waals surface area contributed by atoms with E-state index in [-0.39, 0.29) is 17.1 Å². The third kappa shape index (κ3) is 6.39. The summed E-state index contributed by atoms with van der Waals surface area (Å²) >= 11 is 0. The Balaban J connectivity index is 1.59. The summed E-state index contributed by atoms with van der Waals surface area (Å²) in [5.74, 6) is -5.01. The maximum Gasteiger partial charge on any atom is 0.302 e. The van der Waals surface area contributed by atoms with Crippen molar-refractivity contribution in [1.29, 1.82) is 0 Å². The highest BCUT2D eigenvalue weighted by molar-refractivity contribution is 5.93. The number of hydrogen-bond donors (Lipinski definition) is 9. The molecule has 3 heterocycles. The van der Waals surface area contributed by atoms with Crippen molar-refractivity contribution in [3.05, 3.63) is 34.5 Å². The highest BCUT2D eigenvalue weighted by Crippen LogP contribution is 2.44. The average Bonchev–Trinajstić information content (AvgIpc) is 3.05. The van der Waals surface area contributed by atoms with Crippen LogP contribution in [0.5, 0.6) is 34.5 Å². The van der Waals surface area contributed by atoms with Crippen molar-refractivity contribution in [2.45, 2.75) is 75.3 Å². The van der Waals surface area contributed by atoms with Crippen LogP contribution in [0.3, 0.4) is 0 Å². The fraction of sp³-hybridized carbons (Fsp3) is 0.467. The minimum atomic E-state index is -1.95. The van der Waals surface area contributed by atoms with Gasteiger partial charge >= 0.3 is 5.97 Å². The largest absolute Gasteiger partial charge is 0.504 e. The lowest BCUT2D eigenvalue weighted by Crippen LogP contribution is -2.64. The number of esters is 1. The molecule has 0 unspecified atom stereocenters. The molecule has 2 fully saturated rings. The molecule has 2 aliphatic rings. The van der Waals surface area contributed by atoms with E-state index in [0.29, 0.717) is 0 Å². The summed E-state index contributed by atoms with van der Waals surface area (Å²) in [6.45, 7) is 1.84. The Morgan fingerprint density at radius 2 is 1.54 bits per heavy atom. The number of methoxy groups -OCH3 is 1. The number of ether oxygens (including phenoxy) is 6. The SMILES string of the molecule is COc1cc(-c2oc3c(O)c(O)cc(O[C@@H]4O[C@H](COC(C)=O)[C@@H](O)[C@H](O)[C@@H]4O[C@@H]4O[C@H](C)[C@H](O)[C@@H](O)[C@H]4O)c3c(=O)c2O)ccc1O. The second-order valence-corrected chi connectivity index (χ2v) is 11.2. The van der Waals surface area contributed by atoms with Crippen molar-refractivity contribution in [2.75, 3.05) is 13.7 Å². The molecule has 18 nitrogen and oxygen atoms in total. The molecule has 18 heteroatoms. The summed E-state index contributed by atoms with van der Waals surface area (Å²) in [7, 11) is 1.26. The Hall–Kier alpha value is -4.40. The van der Waals surface area contributed by atoms with Crippen LogP contribution in [0.25, 0.3) is 22.3 Å². The second kappa shape index (κ2) is 13.6. The van der Waals surface area contributed by atoms with Gasteiger partial charge in [0.15, 0.2) is 41.0 Å².